The molecule has 2 amide bonds. The Labute approximate surface area is 130 Å². The van der Waals surface area contributed by atoms with Crippen molar-refractivity contribution in [2.45, 2.75) is 51.1 Å². The Kier molecular flexibility index (Phi) is 5.14. The molecule has 0 radical (unpaired) electrons. The van der Waals surface area contributed by atoms with Crippen LogP contribution in [-0.4, -0.2) is 36.6 Å². The lowest BCUT2D eigenvalue weighted by molar-refractivity contribution is 0.225. The van der Waals surface area contributed by atoms with Gasteiger partial charge in [-0.3, -0.25) is 4.90 Å². The normalized spacial score (nSPS) is 20.0. The maximum absolute atomic E-state index is 11.9. The van der Waals surface area contributed by atoms with Crippen LogP contribution in [0.25, 0.3) is 0 Å². The third-order valence-corrected chi connectivity index (χ3v) is 5.56. The van der Waals surface area contributed by atoms with Crippen molar-refractivity contribution >= 4 is 17.4 Å². The summed E-state index contributed by atoms with van der Waals surface area (Å²) in [5.41, 5.74) is 1.47. The highest BCUT2D eigenvalue weighted by Crippen LogP contribution is 2.23. The Morgan fingerprint density at radius 2 is 2.19 bits per heavy atom. The number of hydrogen-bond acceptors (Lipinski definition) is 3. The Bertz CT molecular complexity index is 468. The lowest BCUT2D eigenvalue weighted by Crippen LogP contribution is -2.45. The maximum atomic E-state index is 11.9. The monoisotopic (exact) mass is 307 g/mol. The molecule has 1 aromatic heterocycles. The Balaban J connectivity index is 1.33. The molecule has 0 spiro atoms. The molecule has 1 aliphatic carbocycles. The van der Waals surface area contributed by atoms with E-state index in [1.165, 1.54) is 29.7 Å². The topological polar surface area (TPSA) is 44.4 Å². The van der Waals surface area contributed by atoms with E-state index < -0.39 is 0 Å². The van der Waals surface area contributed by atoms with Gasteiger partial charge < -0.3 is 10.6 Å². The third kappa shape index (κ3) is 4.20. The minimum absolute atomic E-state index is 0.00938. The van der Waals surface area contributed by atoms with E-state index in [2.05, 4.69) is 27.0 Å². The number of amides is 2. The molecule has 2 aliphatic rings. The van der Waals surface area contributed by atoms with Crippen LogP contribution >= 0.6 is 11.3 Å². The molecule has 0 saturated heterocycles. The van der Waals surface area contributed by atoms with Crippen LogP contribution in [0.4, 0.5) is 4.79 Å². The van der Waals surface area contributed by atoms with E-state index in [-0.39, 0.29) is 6.03 Å². The van der Waals surface area contributed by atoms with Crippen LogP contribution in [0.3, 0.4) is 0 Å². The Morgan fingerprint density at radius 1 is 1.33 bits per heavy atom. The molecule has 1 aliphatic heterocycles. The fraction of sp³-hybridized carbons (Fsp3) is 0.688. The molecule has 21 heavy (non-hydrogen) atoms. The minimum Gasteiger partial charge on any atom is -0.337 e. The molecule has 0 aromatic carbocycles. The van der Waals surface area contributed by atoms with Crippen molar-refractivity contribution in [2.75, 3.05) is 19.6 Å². The minimum atomic E-state index is 0.00938. The zero-order valence-electron chi connectivity index (χ0n) is 12.6. The van der Waals surface area contributed by atoms with Crippen LogP contribution in [0.1, 0.15) is 42.5 Å². The average Bonchev–Trinajstić information content (AvgIpc) is 2.96. The number of fused-ring (bicyclic) bond motifs is 1. The van der Waals surface area contributed by atoms with E-state index in [0.29, 0.717) is 6.04 Å². The van der Waals surface area contributed by atoms with Crippen molar-refractivity contribution in [1.82, 2.24) is 15.5 Å². The lowest BCUT2D eigenvalue weighted by Gasteiger charge is -2.27. The number of nitrogens with one attached hydrogen (secondary N) is 2. The molecule has 0 bridgehead atoms. The van der Waals surface area contributed by atoms with Crippen LogP contribution in [0.2, 0.25) is 0 Å². The largest absolute Gasteiger partial charge is 0.337 e. The van der Waals surface area contributed by atoms with Gasteiger partial charge in [0.05, 0.1) is 0 Å². The summed E-state index contributed by atoms with van der Waals surface area (Å²) in [6.07, 6.45) is 7.25. The quantitative estimate of drug-likeness (QED) is 0.898. The summed E-state index contributed by atoms with van der Waals surface area (Å²) in [6, 6.07) is 2.63. The standard InChI is InChI=1S/C16H25N3OS/c20-16(18-14-4-2-1-3-5-14)17-8-10-19-9-6-15-13(12-19)7-11-21-15/h7,11,14H,1-6,8-10,12H2,(H2,17,18,20). The molecule has 0 atom stereocenters. The summed E-state index contributed by atoms with van der Waals surface area (Å²) in [5.74, 6) is 0. The molecule has 0 unspecified atom stereocenters. The third-order valence-electron chi connectivity index (χ3n) is 4.54. The van der Waals surface area contributed by atoms with Gasteiger partial charge in [0, 0.05) is 37.1 Å². The average molecular weight is 307 g/mol. The van der Waals surface area contributed by atoms with Crippen molar-refractivity contribution in [2.24, 2.45) is 0 Å². The van der Waals surface area contributed by atoms with Crippen LogP contribution in [0.15, 0.2) is 11.4 Å². The van der Waals surface area contributed by atoms with Crippen molar-refractivity contribution in [3.05, 3.63) is 21.9 Å². The van der Waals surface area contributed by atoms with E-state index in [4.69, 9.17) is 0 Å². The van der Waals surface area contributed by atoms with E-state index in [1.54, 1.807) is 0 Å². The maximum Gasteiger partial charge on any atom is 0.315 e. The highest BCUT2D eigenvalue weighted by molar-refractivity contribution is 7.10. The molecule has 3 rings (SSSR count). The molecular weight excluding hydrogens is 282 g/mol. The second-order valence-corrected chi connectivity index (χ2v) is 7.13. The first-order valence-corrected chi connectivity index (χ1v) is 9.01. The summed E-state index contributed by atoms with van der Waals surface area (Å²) >= 11 is 1.87. The van der Waals surface area contributed by atoms with E-state index in [0.717, 1.165) is 45.4 Å². The van der Waals surface area contributed by atoms with E-state index >= 15 is 0 Å². The van der Waals surface area contributed by atoms with Crippen molar-refractivity contribution in [3.63, 3.8) is 0 Å². The van der Waals surface area contributed by atoms with E-state index in [9.17, 15) is 4.79 Å². The second-order valence-electron chi connectivity index (χ2n) is 6.13. The predicted octanol–water partition coefficient (Wildman–Crippen LogP) is 2.74. The highest BCUT2D eigenvalue weighted by atomic mass is 32.1. The fourth-order valence-electron chi connectivity index (χ4n) is 3.31. The van der Waals surface area contributed by atoms with Crippen molar-refractivity contribution < 1.29 is 4.79 Å². The van der Waals surface area contributed by atoms with Gasteiger partial charge in [0.25, 0.3) is 0 Å². The van der Waals surface area contributed by atoms with Gasteiger partial charge in [-0.05, 0) is 36.3 Å². The second kappa shape index (κ2) is 7.27. The van der Waals surface area contributed by atoms with Crippen molar-refractivity contribution in [1.29, 1.82) is 0 Å². The van der Waals surface area contributed by atoms with Gasteiger partial charge in [-0.15, -0.1) is 11.3 Å². The fourth-order valence-corrected chi connectivity index (χ4v) is 4.20. The van der Waals surface area contributed by atoms with Crippen LogP contribution in [-0.2, 0) is 13.0 Å². The molecule has 5 heteroatoms. The summed E-state index contributed by atoms with van der Waals surface area (Å²) in [4.78, 5) is 15.8. The van der Waals surface area contributed by atoms with Crippen LogP contribution < -0.4 is 10.6 Å². The number of hydrogen-bond donors (Lipinski definition) is 2. The Hall–Kier alpha value is -1.07. The molecule has 1 fully saturated rings. The number of carbonyl (C=O) groups is 1. The van der Waals surface area contributed by atoms with Crippen LogP contribution in [0, 0.1) is 0 Å². The number of nitrogens with zero attached hydrogens (tertiary/aromatic N) is 1. The van der Waals surface area contributed by atoms with Gasteiger partial charge in [0.1, 0.15) is 0 Å². The van der Waals surface area contributed by atoms with Gasteiger partial charge in [-0.25, -0.2) is 4.79 Å². The highest BCUT2D eigenvalue weighted by Gasteiger charge is 2.18. The zero-order valence-corrected chi connectivity index (χ0v) is 13.4. The summed E-state index contributed by atoms with van der Waals surface area (Å²) < 4.78 is 0. The van der Waals surface area contributed by atoms with E-state index in [1.807, 2.05) is 11.3 Å². The first-order chi connectivity index (χ1) is 10.3. The molecule has 1 aromatic rings. The molecule has 1 saturated carbocycles. The first kappa shape index (κ1) is 14.9. The summed E-state index contributed by atoms with van der Waals surface area (Å²) in [7, 11) is 0. The molecule has 4 nitrogen and oxygen atoms in total. The van der Waals surface area contributed by atoms with Gasteiger partial charge in [-0.2, -0.15) is 0 Å². The Morgan fingerprint density at radius 3 is 3.05 bits per heavy atom. The number of urea groups is 1. The molecule has 2 heterocycles. The lowest BCUT2D eigenvalue weighted by atomic mass is 9.96. The summed E-state index contributed by atoms with van der Waals surface area (Å²) in [5, 5.41) is 8.29. The zero-order chi connectivity index (χ0) is 14.5. The SMILES string of the molecule is O=C(NCCN1CCc2sccc2C1)NC1CCCCC1. The predicted molar refractivity (Wildman–Crippen MR) is 86.7 cm³/mol. The van der Waals surface area contributed by atoms with Crippen LogP contribution in [0.5, 0.6) is 0 Å². The summed E-state index contributed by atoms with van der Waals surface area (Å²) in [6.45, 7) is 3.82. The molecule has 2 N–H and O–H groups in total. The molecule has 116 valence electrons. The first-order valence-electron chi connectivity index (χ1n) is 8.13. The van der Waals surface area contributed by atoms with Gasteiger partial charge in [0.2, 0.25) is 0 Å². The number of carbonyl (C=O) groups excluding carboxylic acids is 1. The van der Waals surface area contributed by atoms with Crippen molar-refractivity contribution in [3.8, 4) is 0 Å². The molecular formula is C16H25N3OS. The smallest absolute Gasteiger partial charge is 0.315 e. The van der Waals surface area contributed by atoms with Gasteiger partial charge >= 0.3 is 6.03 Å². The van der Waals surface area contributed by atoms with Gasteiger partial charge in [0.15, 0.2) is 0 Å². The number of rotatable bonds is 4. The van der Waals surface area contributed by atoms with Gasteiger partial charge in [-0.1, -0.05) is 19.3 Å². The number of thiophene rings is 1.